The lowest BCUT2D eigenvalue weighted by molar-refractivity contribution is -0.114. The molecule has 1 aromatic carbocycles. The Morgan fingerprint density at radius 2 is 2.14 bits per heavy atom. The first-order chi connectivity index (χ1) is 10.1. The van der Waals surface area contributed by atoms with E-state index < -0.39 is 0 Å². The molecule has 2 unspecified atom stereocenters. The molecule has 122 valence electrons. The van der Waals surface area contributed by atoms with Crippen molar-refractivity contribution in [3.8, 4) is 0 Å². The summed E-state index contributed by atoms with van der Waals surface area (Å²) in [5.41, 5.74) is 1.88. The molecule has 0 spiro atoms. The summed E-state index contributed by atoms with van der Waals surface area (Å²) < 4.78 is 0. The molecule has 1 amide bonds. The van der Waals surface area contributed by atoms with Crippen LogP contribution in [-0.4, -0.2) is 24.5 Å². The summed E-state index contributed by atoms with van der Waals surface area (Å²) in [6.45, 7) is 7.24. The molecule has 6 heteroatoms. The van der Waals surface area contributed by atoms with Gasteiger partial charge in [-0.15, -0.1) is 24.0 Å². The lowest BCUT2D eigenvalue weighted by Crippen LogP contribution is -2.39. The SMILES string of the molecule is CCNC(=NCc1cccc(NC(C)=O)c1)NC1CC1C.I. The molecule has 3 N–H and O–H groups in total. The fourth-order valence-corrected chi connectivity index (χ4v) is 2.14. The van der Waals surface area contributed by atoms with E-state index in [1.165, 1.54) is 13.3 Å². The molecule has 1 saturated carbocycles. The Hall–Kier alpha value is -1.31. The van der Waals surface area contributed by atoms with Gasteiger partial charge >= 0.3 is 0 Å². The molecule has 0 aromatic heterocycles. The molecule has 22 heavy (non-hydrogen) atoms. The molecule has 0 aliphatic heterocycles. The van der Waals surface area contributed by atoms with Crippen molar-refractivity contribution in [3.63, 3.8) is 0 Å². The summed E-state index contributed by atoms with van der Waals surface area (Å²) in [6, 6.07) is 8.32. The number of nitrogens with zero attached hydrogens (tertiary/aromatic N) is 1. The normalized spacial score (nSPS) is 19.9. The third-order valence-electron chi connectivity index (χ3n) is 3.44. The number of halogens is 1. The summed E-state index contributed by atoms with van der Waals surface area (Å²) in [7, 11) is 0. The molecule has 2 rings (SSSR count). The number of hydrogen-bond acceptors (Lipinski definition) is 2. The number of aliphatic imine (C=N–C) groups is 1. The number of benzene rings is 1. The first-order valence-corrected chi connectivity index (χ1v) is 7.50. The molecule has 1 aliphatic carbocycles. The Bertz CT molecular complexity index is 533. The Morgan fingerprint density at radius 1 is 1.41 bits per heavy atom. The lowest BCUT2D eigenvalue weighted by atomic mass is 10.2. The highest BCUT2D eigenvalue weighted by Crippen LogP contribution is 2.28. The van der Waals surface area contributed by atoms with Crippen LogP contribution in [0.4, 0.5) is 5.69 Å². The van der Waals surface area contributed by atoms with E-state index in [0.717, 1.165) is 29.7 Å². The zero-order chi connectivity index (χ0) is 15.2. The van der Waals surface area contributed by atoms with Gasteiger partial charge in [-0.05, 0) is 37.0 Å². The van der Waals surface area contributed by atoms with Gasteiger partial charge in [0.05, 0.1) is 6.54 Å². The van der Waals surface area contributed by atoms with E-state index in [0.29, 0.717) is 12.6 Å². The molecule has 0 saturated heterocycles. The number of anilines is 1. The average Bonchev–Trinajstić information content (AvgIpc) is 3.11. The van der Waals surface area contributed by atoms with Gasteiger partial charge in [-0.2, -0.15) is 0 Å². The van der Waals surface area contributed by atoms with Crippen molar-refractivity contribution in [1.29, 1.82) is 0 Å². The summed E-state index contributed by atoms with van der Waals surface area (Å²) in [4.78, 5) is 15.7. The van der Waals surface area contributed by atoms with Crippen molar-refractivity contribution >= 4 is 41.5 Å². The van der Waals surface area contributed by atoms with E-state index >= 15 is 0 Å². The highest BCUT2D eigenvalue weighted by Gasteiger charge is 2.33. The zero-order valence-electron chi connectivity index (χ0n) is 13.3. The molecule has 1 fully saturated rings. The summed E-state index contributed by atoms with van der Waals surface area (Å²) in [6.07, 6.45) is 1.21. The van der Waals surface area contributed by atoms with Crippen LogP contribution in [0.3, 0.4) is 0 Å². The van der Waals surface area contributed by atoms with E-state index in [1.807, 2.05) is 24.3 Å². The van der Waals surface area contributed by atoms with Crippen molar-refractivity contribution in [1.82, 2.24) is 10.6 Å². The highest BCUT2D eigenvalue weighted by atomic mass is 127. The van der Waals surface area contributed by atoms with E-state index in [4.69, 9.17) is 0 Å². The van der Waals surface area contributed by atoms with Gasteiger partial charge in [-0.1, -0.05) is 19.1 Å². The van der Waals surface area contributed by atoms with Crippen LogP contribution < -0.4 is 16.0 Å². The Kier molecular flexibility index (Phi) is 7.64. The minimum absolute atomic E-state index is 0. The van der Waals surface area contributed by atoms with Gasteiger partial charge < -0.3 is 16.0 Å². The van der Waals surface area contributed by atoms with Crippen LogP contribution in [0.25, 0.3) is 0 Å². The third kappa shape index (κ3) is 6.21. The largest absolute Gasteiger partial charge is 0.357 e. The van der Waals surface area contributed by atoms with E-state index in [2.05, 4.69) is 34.8 Å². The number of hydrogen-bond donors (Lipinski definition) is 3. The Labute approximate surface area is 149 Å². The number of amides is 1. The third-order valence-corrected chi connectivity index (χ3v) is 3.44. The molecule has 2 atom stereocenters. The van der Waals surface area contributed by atoms with E-state index in [9.17, 15) is 4.79 Å². The predicted octanol–water partition coefficient (Wildman–Crippen LogP) is 2.73. The summed E-state index contributed by atoms with van der Waals surface area (Å²) >= 11 is 0. The molecule has 0 radical (unpaired) electrons. The quantitative estimate of drug-likeness (QED) is 0.393. The number of carbonyl (C=O) groups excluding carboxylic acids is 1. The molecule has 5 nitrogen and oxygen atoms in total. The Balaban J connectivity index is 0.00000242. The van der Waals surface area contributed by atoms with Crippen LogP contribution in [0.5, 0.6) is 0 Å². The Morgan fingerprint density at radius 3 is 2.73 bits per heavy atom. The summed E-state index contributed by atoms with van der Waals surface area (Å²) in [5.74, 6) is 1.53. The van der Waals surface area contributed by atoms with Crippen molar-refractivity contribution in [2.45, 2.75) is 39.8 Å². The molecular weight excluding hydrogens is 391 g/mol. The van der Waals surface area contributed by atoms with Gasteiger partial charge in [0.25, 0.3) is 0 Å². The molecule has 1 aromatic rings. The van der Waals surface area contributed by atoms with Crippen LogP contribution in [0.1, 0.15) is 32.8 Å². The van der Waals surface area contributed by atoms with E-state index in [-0.39, 0.29) is 29.9 Å². The maximum atomic E-state index is 11.1. The van der Waals surface area contributed by atoms with Crippen molar-refractivity contribution in [2.75, 3.05) is 11.9 Å². The zero-order valence-corrected chi connectivity index (χ0v) is 15.7. The van der Waals surface area contributed by atoms with Crippen LogP contribution in [0.15, 0.2) is 29.3 Å². The maximum absolute atomic E-state index is 11.1. The van der Waals surface area contributed by atoms with Gasteiger partial charge in [0.2, 0.25) is 5.91 Å². The standard InChI is InChI=1S/C16H24N4O.HI/c1-4-17-16(20-15-8-11(15)2)18-10-13-6-5-7-14(9-13)19-12(3)21;/h5-7,9,11,15H,4,8,10H2,1-3H3,(H,19,21)(H2,17,18,20);1H. The molecule has 1 aliphatic rings. The molecular formula is C16H25IN4O. The topological polar surface area (TPSA) is 65.5 Å². The van der Waals surface area contributed by atoms with E-state index in [1.54, 1.807) is 0 Å². The number of guanidine groups is 1. The summed E-state index contributed by atoms with van der Waals surface area (Å²) in [5, 5.41) is 9.48. The lowest BCUT2D eigenvalue weighted by Gasteiger charge is -2.11. The van der Waals surface area contributed by atoms with Crippen LogP contribution in [-0.2, 0) is 11.3 Å². The van der Waals surface area contributed by atoms with Crippen molar-refractivity contribution < 1.29 is 4.79 Å². The second-order valence-electron chi connectivity index (χ2n) is 5.54. The first kappa shape index (κ1) is 18.7. The number of rotatable bonds is 5. The predicted molar refractivity (Wildman–Crippen MR) is 102 cm³/mol. The fourth-order valence-electron chi connectivity index (χ4n) is 2.14. The number of carbonyl (C=O) groups is 1. The minimum Gasteiger partial charge on any atom is -0.357 e. The molecule has 0 bridgehead atoms. The first-order valence-electron chi connectivity index (χ1n) is 7.50. The van der Waals surface area contributed by atoms with Crippen LogP contribution >= 0.6 is 24.0 Å². The van der Waals surface area contributed by atoms with Gasteiger partial charge in [-0.3, -0.25) is 4.79 Å². The van der Waals surface area contributed by atoms with Crippen molar-refractivity contribution in [3.05, 3.63) is 29.8 Å². The smallest absolute Gasteiger partial charge is 0.221 e. The van der Waals surface area contributed by atoms with Gasteiger partial charge in [-0.25, -0.2) is 4.99 Å². The van der Waals surface area contributed by atoms with Gasteiger partial charge in [0.15, 0.2) is 5.96 Å². The average molecular weight is 416 g/mol. The number of nitrogens with one attached hydrogen (secondary N) is 3. The monoisotopic (exact) mass is 416 g/mol. The second-order valence-corrected chi connectivity index (χ2v) is 5.54. The van der Waals surface area contributed by atoms with Crippen LogP contribution in [0, 0.1) is 5.92 Å². The van der Waals surface area contributed by atoms with Crippen molar-refractivity contribution in [2.24, 2.45) is 10.9 Å². The second kappa shape index (κ2) is 8.97. The van der Waals surface area contributed by atoms with Gasteiger partial charge in [0.1, 0.15) is 0 Å². The minimum atomic E-state index is -0.0617. The highest BCUT2D eigenvalue weighted by molar-refractivity contribution is 14.0. The molecule has 0 heterocycles. The fraction of sp³-hybridized carbons (Fsp3) is 0.500. The maximum Gasteiger partial charge on any atom is 0.221 e. The van der Waals surface area contributed by atoms with Gasteiger partial charge in [0, 0.05) is 25.2 Å². The van der Waals surface area contributed by atoms with Crippen LogP contribution in [0.2, 0.25) is 0 Å².